The number of aromatic nitrogens is 2. The third kappa shape index (κ3) is 10.1. The summed E-state index contributed by atoms with van der Waals surface area (Å²) in [6.07, 6.45) is 2.62. The first-order valence-corrected chi connectivity index (χ1v) is 18.0. The molecular weight excluding hydrogens is 680 g/mol. The Hall–Kier alpha value is -4.86. The van der Waals surface area contributed by atoms with Crippen molar-refractivity contribution in [2.45, 2.75) is 65.2 Å². The second-order valence-electron chi connectivity index (χ2n) is 13.0. The summed E-state index contributed by atoms with van der Waals surface area (Å²) in [7, 11) is -2.13. The van der Waals surface area contributed by atoms with Crippen LogP contribution in [0.4, 0.5) is 5.95 Å². The molecule has 0 spiro atoms. The minimum Gasteiger partial charge on any atom is -0.497 e. The molecule has 0 bridgehead atoms. The molecule has 11 nitrogen and oxygen atoms in total. The Kier molecular flexibility index (Phi) is 12.0. The molecule has 0 radical (unpaired) electrons. The predicted octanol–water partition coefficient (Wildman–Crippen LogP) is 6.99. The molecule has 1 aromatic heterocycles. The van der Waals surface area contributed by atoms with Gasteiger partial charge in [0, 0.05) is 11.6 Å². The van der Waals surface area contributed by atoms with Crippen molar-refractivity contribution in [1.82, 2.24) is 9.97 Å². The molecule has 4 rings (SSSR count). The van der Waals surface area contributed by atoms with E-state index in [-0.39, 0.29) is 48.5 Å². The van der Waals surface area contributed by atoms with Gasteiger partial charge in [0.15, 0.2) is 5.75 Å². The average Bonchev–Trinajstić information content (AvgIpc) is 3.06. The summed E-state index contributed by atoms with van der Waals surface area (Å²) in [5.74, 6) is 1.09. The van der Waals surface area contributed by atoms with Gasteiger partial charge in [-0.05, 0) is 79.9 Å². The molecule has 4 aromatic rings. The van der Waals surface area contributed by atoms with Crippen molar-refractivity contribution in [3.05, 3.63) is 106 Å². The van der Waals surface area contributed by atoms with E-state index in [0.717, 1.165) is 27.3 Å². The number of nitriles is 1. The molecule has 3 aromatic carbocycles. The third-order valence-corrected chi connectivity index (χ3v) is 9.00. The van der Waals surface area contributed by atoms with Crippen LogP contribution in [0.1, 0.15) is 69.0 Å². The molecule has 0 saturated heterocycles. The highest BCUT2D eigenvalue weighted by molar-refractivity contribution is 7.92. The second-order valence-corrected chi connectivity index (χ2v) is 15.3. The van der Waals surface area contributed by atoms with Gasteiger partial charge in [0.05, 0.1) is 49.2 Å². The molecule has 1 heterocycles. The lowest BCUT2D eigenvalue weighted by atomic mass is 9.77. The maximum absolute atomic E-state index is 12.7. The van der Waals surface area contributed by atoms with Gasteiger partial charge in [-0.3, -0.25) is 4.79 Å². The molecule has 13 heteroatoms. The Morgan fingerprint density at radius 2 is 1.60 bits per heavy atom. The first-order chi connectivity index (χ1) is 23.5. The zero-order valence-corrected chi connectivity index (χ0v) is 30.8. The summed E-state index contributed by atoms with van der Waals surface area (Å²) in [4.78, 5) is 20.8. The van der Waals surface area contributed by atoms with Gasteiger partial charge in [-0.1, -0.05) is 49.7 Å². The van der Waals surface area contributed by atoms with Crippen molar-refractivity contribution in [1.29, 1.82) is 5.26 Å². The van der Waals surface area contributed by atoms with Crippen LogP contribution in [0.25, 0.3) is 0 Å². The van der Waals surface area contributed by atoms with Crippen molar-refractivity contribution < 1.29 is 32.2 Å². The standard InChI is InChI=1S/C37H41ClN4O7S/c1-36(2,3)49-33(43)17-19-47-34-26(22-39)20-28(21-32(34)38)37(4,5)27-10-14-31(15-11-27)48-24-29-16-18-40-35(41-29)42(50(7,44)45)23-25-8-12-30(46-6)13-9-25/h8-16,18,20-21H,17,19,23-24H2,1-7H3. The van der Waals surface area contributed by atoms with Gasteiger partial charge in [0.25, 0.3) is 0 Å². The number of esters is 1. The van der Waals surface area contributed by atoms with Crippen LogP contribution in [0, 0.1) is 11.3 Å². The molecule has 264 valence electrons. The fraction of sp³-hybridized carbons (Fsp3) is 0.351. The summed E-state index contributed by atoms with van der Waals surface area (Å²) in [5.41, 5.74) is 2.08. The maximum atomic E-state index is 12.7. The second kappa shape index (κ2) is 15.8. The van der Waals surface area contributed by atoms with E-state index in [1.165, 1.54) is 6.20 Å². The fourth-order valence-electron chi connectivity index (χ4n) is 4.92. The van der Waals surface area contributed by atoms with E-state index in [0.29, 0.717) is 17.2 Å². The van der Waals surface area contributed by atoms with Crippen molar-refractivity contribution >= 4 is 33.5 Å². The van der Waals surface area contributed by atoms with Crippen LogP contribution >= 0.6 is 11.6 Å². The van der Waals surface area contributed by atoms with E-state index in [9.17, 15) is 18.5 Å². The summed E-state index contributed by atoms with van der Waals surface area (Å²) < 4.78 is 48.8. The Morgan fingerprint density at radius 3 is 2.20 bits per heavy atom. The largest absolute Gasteiger partial charge is 0.497 e. The van der Waals surface area contributed by atoms with E-state index in [2.05, 4.69) is 16.0 Å². The fourth-order valence-corrected chi connectivity index (χ4v) is 5.96. The van der Waals surface area contributed by atoms with Gasteiger partial charge in [0.2, 0.25) is 16.0 Å². The number of sulfonamides is 1. The number of carbonyl (C=O) groups excluding carboxylic acids is 1. The van der Waals surface area contributed by atoms with Gasteiger partial charge in [0.1, 0.15) is 29.8 Å². The van der Waals surface area contributed by atoms with E-state index in [4.69, 9.17) is 30.5 Å². The average molecular weight is 721 g/mol. The van der Waals surface area contributed by atoms with Gasteiger partial charge in [-0.25, -0.2) is 22.7 Å². The van der Waals surface area contributed by atoms with E-state index in [1.54, 1.807) is 70.3 Å². The minimum atomic E-state index is -3.69. The lowest BCUT2D eigenvalue weighted by Gasteiger charge is -2.27. The Balaban J connectivity index is 1.44. The lowest BCUT2D eigenvalue weighted by molar-refractivity contribution is -0.155. The van der Waals surface area contributed by atoms with Crippen LogP contribution < -0.4 is 18.5 Å². The SMILES string of the molecule is COc1ccc(CN(c2nccc(COc3ccc(C(C)(C)c4cc(Cl)c(OCCC(=O)OC(C)(C)C)c(C#N)c4)cc3)n2)S(C)(=O)=O)cc1. The van der Waals surface area contributed by atoms with Crippen LogP contribution in [0.2, 0.25) is 5.02 Å². The number of hydrogen-bond donors (Lipinski definition) is 0. The highest BCUT2D eigenvalue weighted by Crippen LogP contribution is 2.38. The monoisotopic (exact) mass is 720 g/mol. The zero-order valence-electron chi connectivity index (χ0n) is 29.2. The minimum absolute atomic E-state index is 0.0161. The third-order valence-electron chi connectivity index (χ3n) is 7.63. The number of nitrogens with zero attached hydrogens (tertiary/aromatic N) is 4. The van der Waals surface area contributed by atoms with E-state index in [1.807, 2.05) is 38.1 Å². The molecule has 0 atom stereocenters. The summed E-state index contributed by atoms with van der Waals surface area (Å²) in [6.45, 7) is 9.54. The molecule has 0 aliphatic rings. The van der Waals surface area contributed by atoms with Crippen molar-refractivity contribution in [2.24, 2.45) is 0 Å². The maximum Gasteiger partial charge on any atom is 0.309 e. The number of benzene rings is 3. The Labute approximate surface area is 298 Å². The number of methoxy groups -OCH3 is 1. The molecule has 0 unspecified atom stereocenters. The Morgan fingerprint density at radius 1 is 0.940 bits per heavy atom. The number of ether oxygens (including phenoxy) is 4. The van der Waals surface area contributed by atoms with Gasteiger partial charge in [-0.2, -0.15) is 5.26 Å². The predicted molar refractivity (Wildman–Crippen MR) is 191 cm³/mol. The smallest absolute Gasteiger partial charge is 0.309 e. The quantitative estimate of drug-likeness (QED) is 0.125. The van der Waals surface area contributed by atoms with E-state index >= 15 is 0 Å². The molecule has 0 saturated carbocycles. The highest BCUT2D eigenvalue weighted by atomic mass is 35.5. The van der Waals surface area contributed by atoms with Crippen molar-refractivity contribution in [3.8, 4) is 23.3 Å². The van der Waals surface area contributed by atoms with Crippen LogP contribution in [0.3, 0.4) is 0 Å². The van der Waals surface area contributed by atoms with E-state index < -0.39 is 27.0 Å². The zero-order chi connectivity index (χ0) is 36.7. The highest BCUT2D eigenvalue weighted by Gasteiger charge is 2.27. The van der Waals surface area contributed by atoms with Crippen LogP contribution in [-0.4, -0.2) is 49.9 Å². The Bertz CT molecular complexity index is 1950. The molecule has 0 amide bonds. The molecule has 0 aliphatic carbocycles. The normalized spacial score (nSPS) is 11.7. The summed E-state index contributed by atoms with van der Waals surface area (Å²) in [5, 5.41) is 10.1. The number of rotatable bonds is 14. The molecule has 0 aliphatic heterocycles. The molecule has 50 heavy (non-hydrogen) atoms. The number of anilines is 1. The first-order valence-electron chi connectivity index (χ1n) is 15.7. The number of halogens is 1. The lowest BCUT2D eigenvalue weighted by Crippen LogP contribution is -2.31. The number of hydrogen-bond acceptors (Lipinski definition) is 10. The van der Waals surface area contributed by atoms with Gasteiger partial charge < -0.3 is 18.9 Å². The topological polar surface area (TPSA) is 141 Å². The van der Waals surface area contributed by atoms with Gasteiger partial charge >= 0.3 is 5.97 Å². The van der Waals surface area contributed by atoms with Crippen LogP contribution in [-0.2, 0) is 38.1 Å². The summed E-state index contributed by atoms with van der Waals surface area (Å²) >= 11 is 6.60. The number of carbonyl (C=O) groups is 1. The van der Waals surface area contributed by atoms with Crippen LogP contribution in [0.15, 0.2) is 72.9 Å². The summed E-state index contributed by atoms with van der Waals surface area (Å²) in [6, 6.07) is 21.9. The first kappa shape index (κ1) is 38.0. The molecular formula is C37H41ClN4O7S. The van der Waals surface area contributed by atoms with Crippen molar-refractivity contribution in [3.63, 3.8) is 0 Å². The van der Waals surface area contributed by atoms with Gasteiger partial charge in [-0.15, -0.1) is 0 Å². The molecule has 0 N–H and O–H groups in total. The van der Waals surface area contributed by atoms with Crippen LogP contribution in [0.5, 0.6) is 17.2 Å². The van der Waals surface area contributed by atoms with Crippen molar-refractivity contribution in [2.75, 3.05) is 24.3 Å². The molecule has 0 fully saturated rings.